The van der Waals surface area contributed by atoms with Crippen molar-refractivity contribution in [3.05, 3.63) is 34.9 Å². The van der Waals surface area contributed by atoms with Crippen molar-refractivity contribution in [2.45, 2.75) is 59.4 Å². The van der Waals surface area contributed by atoms with Crippen LogP contribution in [0.25, 0.3) is 0 Å². The summed E-state index contributed by atoms with van der Waals surface area (Å²) in [4.78, 5) is 0. The molecule has 1 aliphatic carbocycles. The van der Waals surface area contributed by atoms with Crippen LogP contribution in [0.4, 0.5) is 0 Å². The minimum atomic E-state index is 0.662. The van der Waals surface area contributed by atoms with E-state index in [9.17, 15) is 0 Å². The van der Waals surface area contributed by atoms with Gasteiger partial charge in [0.1, 0.15) is 0 Å². The predicted molar refractivity (Wildman–Crippen MR) is 83.6 cm³/mol. The summed E-state index contributed by atoms with van der Waals surface area (Å²) in [6.45, 7) is 10.2. The Balaban J connectivity index is 2.09. The van der Waals surface area contributed by atoms with Gasteiger partial charge in [-0.3, -0.25) is 0 Å². The summed E-state index contributed by atoms with van der Waals surface area (Å²) in [5.41, 5.74) is 4.36. The highest BCUT2D eigenvalue weighted by molar-refractivity contribution is 5.31. The molecule has 1 heteroatoms. The molecule has 0 radical (unpaired) electrons. The molecule has 0 heterocycles. The lowest BCUT2D eigenvalue weighted by atomic mass is 9.89. The average Bonchev–Trinajstić information content (AvgIpc) is 2.80. The first-order chi connectivity index (χ1) is 9.10. The second kappa shape index (κ2) is 6.56. The summed E-state index contributed by atoms with van der Waals surface area (Å²) in [5, 5.41) is 3.74. The Morgan fingerprint density at radius 2 is 2.05 bits per heavy atom. The normalized spacial score (nSPS) is 24.6. The van der Waals surface area contributed by atoms with Crippen molar-refractivity contribution in [2.75, 3.05) is 6.54 Å². The summed E-state index contributed by atoms with van der Waals surface area (Å²) in [5.74, 6) is 1.79. The Kier molecular flexibility index (Phi) is 5.04. The molecule has 1 aromatic carbocycles. The van der Waals surface area contributed by atoms with E-state index in [4.69, 9.17) is 0 Å². The maximum Gasteiger partial charge on any atom is 0.0136 e. The quantitative estimate of drug-likeness (QED) is 0.833. The Morgan fingerprint density at radius 3 is 2.68 bits per heavy atom. The summed E-state index contributed by atoms with van der Waals surface area (Å²) < 4.78 is 0. The van der Waals surface area contributed by atoms with E-state index in [0.717, 1.165) is 18.4 Å². The summed E-state index contributed by atoms with van der Waals surface area (Å²) in [6, 6.07) is 7.53. The zero-order valence-corrected chi connectivity index (χ0v) is 13.0. The third-order valence-corrected chi connectivity index (χ3v) is 4.72. The van der Waals surface area contributed by atoms with Gasteiger partial charge in [-0.25, -0.2) is 0 Å². The number of hydrogen-bond acceptors (Lipinski definition) is 1. The standard InChI is InChI=1S/C18H29N/c1-5-19-18(16-9-7-14(3)10-16)12-17-11-13(2)6-8-15(17)4/h6,8,11,14,16,18-19H,5,7,9-10,12H2,1-4H3. The lowest BCUT2D eigenvalue weighted by Gasteiger charge is -2.25. The Hall–Kier alpha value is -0.820. The Bertz CT molecular complexity index is 410. The van der Waals surface area contributed by atoms with E-state index in [0.29, 0.717) is 6.04 Å². The van der Waals surface area contributed by atoms with Crippen molar-refractivity contribution in [2.24, 2.45) is 11.8 Å². The van der Waals surface area contributed by atoms with E-state index in [1.165, 1.54) is 42.4 Å². The van der Waals surface area contributed by atoms with E-state index in [1.807, 2.05) is 0 Å². The second-order valence-corrected chi connectivity index (χ2v) is 6.48. The van der Waals surface area contributed by atoms with Crippen LogP contribution in [0.1, 0.15) is 49.8 Å². The molecule has 106 valence electrons. The number of rotatable bonds is 5. The van der Waals surface area contributed by atoms with E-state index >= 15 is 0 Å². The van der Waals surface area contributed by atoms with Gasteiger partial charge in [-0.15, -0.1) is 0 Å². The lowest BCUT2D eigenvalue weighted by Crippen LogP contribution is -2.37. The second-order valence-electron chi connectivity index (χ2n) is 6.48. The molecule has 1 saturated carbocycles. The molecule has 3 atom stereocenters. The largest absolute Gasteiger partial charge is 0.314 e. The molecule has 1 N–H and O–H groups in total. The van der Waals surface area contributed by atoms with Crippen LogP contribution in [0, 0.1) is 25.7 Å². The third-order valence-electron chi connectivity index (χ3n) is 4.72. The number of likely N-dealkylation sites (N-methyl/N-ethyl adjacent to an activating group) is 1. The smallest absolute Gasteiger partial charge is 0.0136 e. The van der Waals surface area contributed by atoms with Gasteiger partial charge in [0.15, 0.2) is 0 Å². The van der Waals surface area contributed by atoms with Crippen molar-refractivity contribution in [1.82, 2.24) is 5.32 Å². The van der Waals surface area contributed by atoms with Crippen LogP contribution in [0.2, 0.25) is 0 Å². The molecule has 2 rings (SSSR count). The summed E-state index contributed by atoms with van der Waals surface area (Å²) in [6.07, 6.45) is 5.42. The summed E-state index contributed by atoms with van der Waals surface area (Å²) in [7, 11) is 0. The number of nitrogens with one attached hydrogen (secondary N) is 1. The maximum absolute atomic E-state index is 3.74. The first-order valence-corrected chi connectivity index (χ1v) is 7.89. The van der Waals surface area contributed by atoms with E-state index in [-0.39, 0.29) is 0 Å². The minimum absolute atomic E-state index is 0.662. The highest BCUT2D eigenvalue weighted by atomic mass is 14.9. The van der Waals surface area contributed by atoms with Gasteiger partial charge in [-0.2, -0.15) is 0 Å². The Morgan fingerprint density at radius 1 is 1.26 bits per heavy atom. The molecule has 0 aromatic heterocycles. The van der Waals surface area contributed by atoms with Crippen molar-refractivity contribution >= 4 is 0 Å². The van der Waals surface area contributed by atoms with Gasteiger partial charge in [-0.05, 0) is 62.6 Å². The predicted octanol–water partition coefficient (Wildman–Crippen LogP) is 4.26. The molecule has 0 amide bonds. The van der Waals surface area contributed by atoms with Gasteiger partial charge in [0, 0.05) is 6.04 Å². The lowest BCUT2D eigenvalue weighted by molar-refractivity contribution is 0.353. The highest BCUT2D eigenvalue weighted by Crippen LogP contribution is 2.34. The van der Waals surface area contributed by atoms with Gasteiger partial charge in [-0.1, -0.05) is 44.0 Å². The molecule has 0 aliphatic heterocycles. The molecule has 0 bridgehead atoms. The molecule has 1 nitrogen and oxygen atoms in total. The molecule has 19 heavy (non-hydrogen) atoms. The maximum atomic E-state index is 3.74. The molecular weight excluding hydrogens is 230 g/mol. The van der Waals surface area contributed by atoms with Crippen molar-refractivity contribution in [3.63, 3.8) is 0 Å². The SMILES string of the molecule is CCNC(Cc1cc(C)ccc1C)C1CCC(C)C1. The van der Waals surface area contributed by atoms with Gasteiger partial charge < -0.3 is 5.32 Å². The van der Waals surface area contributed by atoms with Crippen LogP contribution >= 0.6 is 0 Å². The van der Waals surface area contributed by atoms with Gasteiger partial charge in [0.05, 0.1) is 0 Å². The van der Waals surface area contributed by atoms with Crippen molar-refractivity contribution in [3.8, 4) is 0 Å². The monoisotopic (exact) mass is 259 g/mol. The zero-order chi connectivity index (χ0) is 13.8. The minimum Gasteiger partial charge on any atom is -0.314 e. The zero-order valence-electron chi connectivity index (χ0n) is 13.0. The molecular formula is C18H29N. The van der Waals surface area contributed by atoms with E-state index < -0.39 is 0 Å². The van der Waals surface area contributed by atoms with Gasteiger partial charge in [0.25, 0.3) is 0 Å². The van der Waals surface area contributed by atoms with Crippen LogP contribution in [0.3, 0.4) is 0 Å². The number of hydrogen-bond donors (Lipinski definition) is 1. The van der Waals surface area contributed by atoms with Crippen LogP contribution in [0.5, 0.6) is 0 Å². The molecule has 1 aliphatic rings. The van der Waals surface area contributed by atoms with E-state index in [2.05, 4.69) is 51.2 Å². The molecule has 1 aromatic rings. The molecule has 0 saturated heterocycles. The van der Waals surface area contributed by atoms with Gasteiger partial charge >= 0.3 is 0 Å². The number of benzene rings is 1. The fraction of sp³-hybridized carbons (Fsp3) is 0.667. The molecule has 1 fully saturated rings. The molecule has 3 unspecified atom stereocenters. The molecule has 0 spiro atoms. The van der Waals surface area contributed by atoms with Crippen LogP contribution in [-0.2, 0) is 6.42 Å². The average molecular weight is 259 g/mol. The van der Waals surface area contributed by atoms with Crippen molar-refractivity contribution in [1.29, 1.82) is 0 Å². The third kappa shape index (κ3) is 3.82. The van der Waals surface area contributed by atoms with Gasteiger partial charge in [0.2, 0.25) is 0 Å². The van der Waals surface area contributed by atoms with E-state index in [1.54, 1.807) is 0 Å². The van der Waals surface area contributed by atoms with Crippen LogP contribution < -0.4 is 5.32 Å². The first kappa shape index (κ1) is 14.6. The fourth-order valence-electron chi connectivity index (χ4n) is 3.54. The topological polar surface area (TPSA) is 12.0 Å². The fourth-order valence-corrected chi connectivity index (χ4v) is 3.54. The summed E-state index contributed by atoms with van der Waals surface area (Å²) >= 11 is 0. The van der Waals surface area contributed by atoms with Crippen LogP contribution in [0.15, 0.2) is 18.2 Å². The Labute approximate surface area is 118 Å². The number of aryl methyl sites for hydroxylation is 2. The van der Waals surface area contributed by atoms with Crippen LogP contribution in [-0.4, -0.2) is 12.6 Å². The van der Waals surface area contributed by atoms with Crippen molar-refractivity contribution < 1.29 is 0 Å². The first-order valence-electron chi connectivity index (χ1n) is 7.89. The highest BCUT2D eigenvalue weighted by Gasteiger charge is 2.28.